The first kappa shape index (κ1) is 25.8. The van der Waals surface area contributed by atoms with Gasteiger partial charge in [0.2, 0.25) is 5.91 Å². The summed E-state index contributed by atoms with van der Waals surface area (Å²) in [4.78, 5) is 51.8. The zero-order valence-corrected chi connectivity index (χ0v) is 21.1. The number of hydrogen-bond donors (Lipinski definition) is 3. The van der Waals surface area contributed by atoms with E-state index in [2.05, 4.69) is 16.0 Å². The molecule has 8 nitrogen and oxygen atoms in total. The predicted octanol–water partition coefficient (Wildman–Crippen LogP) is 3.73. The first-order valence-electron chi connectivity index (χ1n) is 11.6. The topological polar surface area (TPSA) is 109 Å². The van der Waals surface area contributed by atoms with Crippen molar-refractivity contribution in [1.29, 1.82) is 0 Å². The number of benzene rings is 1. The third-order valence-electron chi connectivity index (χ3n) is 7.00. The van der Waals surface area contributed by atoms with E-state index in [-0.39, 0.29) is 17.3 Å². The van der Waals surface area contributed by atoms with Crippen molar-refractivity contribution in [3.63, 3.8) is 0 Å². The monoisotopic (exact) mass is 520 g/mol. The van der Waals surface area contributed by atoms with Gasteiger partial charge in [-0.25, -0.2) is 8.78 Å². The van der Waals surface area contributed by atoms with Gasteiger partial charge in [0.05, 0.1) is 5.56 Å². The summed E-state index contributed by atoms with van der Waals surface area (Å²) in [6, 6.07) is 4.99. The molecule has 0 saturated heterocycles. The average Bonchev–Trinajstić information content (AvgIpc) is 3.29. The van der Waals surface area contributed by atoms with Crippen LogP contribution in [0.1, 0.15) is 69.9 Å². The molecule has 3 N–H and O–H groups in total. The molecular weight excluding hydrogens is 494 g/mol. The normalized spacial score (nSPS) is 19.1. The number of amides is 3. The van der Waals surface area contributed by atoms with E-state index >= 15 is 0 Å². The summed E-state index contributed by atoms with van der Waals surface area (Å²) in [5.74, 6) is -6.51. The number of hydrogen-bond acceptors (Lipinski definition) is 4. The van der Waals surface area contributed by atoms with Crippen LogP contribution in [0.2, 0.25) is 5.02 Å². The maximum absolute atomic E-state index is 13.6. The number of carbonyl (C=O) groups excluding carboxylic acids is 4. The highest BCUT2D eigenvalue weighted by Gasteiger charge is 2.62. The lowest BCUT2D eigenvalue weighted by Crippen LogP contribution is -2.69. The fourth-order valence-electron chi connectivity index (χ4n) is 5.18. The van der Waals surface area contributed by atoms with E-state index in [0.29, 0.717) is 34.8 Å². The van der Waals surface area contributed by atoms with Crippen molar-refractivity contribution in [2.24, 2.45) is 0 Å². The van der Waals surface area contributed by atoms with Crippen molar-refractivity contribution in [3.8, 4) is 0 Å². The van der Waals surface area contributed by atoms with Gasteiger partial charge in [-0.15, -0.1) is 0 Å². The molecular formula is C25H27ClF2N4O4. The Labute approximate surface area is 211 Å². The van der Waals surface area contributed by atoms with E-state index in [9.17, 15) is 28.0 Å². The Morgan fingerprint density at radius 3 is 2.39 bits per heavy atom. The van der Waals surface area contributed by atoms with Crippen molar-refractivity contribution >= 4 is 40.8 Å². The van der Waals surface area contributed by atoms with E-state index in [4.69, 9.17) is 11.6 Å². The standard InChI is InChI=1S/C25H27ClF2N4O4/c1-12-5-7-15(9-16(12)26)30-21(34)19-14(3)18(17-8-6-13(2)32(17)19)20(33)22(35)31-24(23(36)29-4)10-25(27,28)11-24/h5,7,9,13H,6,8,10-11H2,1-4H3,(H,29,36)(H,30,34)(H,31,35). The lowest BCUT2D eigenvalue weighted by molar-refractivity contribution is -0.164. The van der Waals surface area contributed by atoms with E-state index in [1.807, 2.05) is 13.8 Å². The van der Waals surface area contributed by atoms with Gasteiger partial charge in [0.15, 0.2) is 0 Å². The van der Waals surface area contributed by atoms with Gasteiger partial charge < -0.3 is 20.5 Å². The number of aryl methyl sites for hydroxylation is 1. The molecule has 1 aliphatic heterocycles. The van der Waals surface area contributed by atoms with Gasteiger partial charge >= 0.3 is 0 Å². The highest BCUT2D eigenvalue weighted by molar-refractivity contribution is 6.44. The summed E-state index contributed by atoms with van der Waals surface area (Å²) in [6.45, 7) is 5.31. The van der Waals surface area contributed by atoms with Gasteiger partial charge in [-0.2, -0.15) is 0 Å². The van der Waals surface area contributed by atoms with Crippen molar-refractivity contribution in [3.05, 3.63) is 51.3 Å². The largest absolute Gasteiger partial charge is 0.357 e. The molecule has 0 radical (unpaired) electrons. The third kappa shape index (κ3) is 4.27. The number of nitrogens with zero attached hydrogens (tertiary/aromatic N) is 1. The van der Waals surface area contributed by atoms with Crippen LogP contribution in [0, 0.1) is 13.8 Å². The molecule has 11 heteroatoms. The van der Waals surface area contributed by atoms with Gasteiger partial charge in [-0.1, -0.05) is 17.7 Å². The first-order chi connectivity index (χ1) is 16.8. The van der Waals surface area contributed by atoms with Crippen LogP contribution in [0.5, 0.6) is 0 Å². The van der Waals surface area contributed by atoms with E-state index in [1.165, 1.54) is 7.05 Å². The summed E-state index contributed by atoms with van der Waals surface area (Å²) in [6.07, 6.45) is -0.675. The Balaban J connectivity index is 1.66. The van der Waals surface area contributed by atoms with Crippen molar-refractivity contribution in [2.45, 2.75) is 64.0 Å². The lowest BCUT2D eigenvalue weighted by atomic mass is 9.72. The molecule has 3 amide bonds. The lowest BCUT2D eigenvalue weighted by Gasteiger charge is -2.45. The minimum absolute atomic E-state index is 0.0575. The predicted molar refractivity (Wildman–Crippen MR) is 130 cm³/mol. The summed E-state index contributed by atoms with van der Waals surface area (Å²) in [5, 5.41) is 7.80. The quantitative estimate of drug-likeness (QED) is 0.398. The van der Waals surface area contributed by atoms with Crippen LogP contribution in [0.25, 0.3) is 0 Å². The zero-order chi connectivity index (χ0) is 26.6. The van der Waals surface area contributed by atoms with Crippen LogP contribution in [-0.4, -0.2) is 46.6 Å². The smallest absolute Gasteiger partial charge is 0.293 e. The van der Waals surface area contributed by atoms with Crippen LogP contribution in [-0.2, 0) is 16.0 Å². The van der Waals surface area contributed by atoms with Crippen molar-refractivity contribution in [1.82, 2.24) is 15.2 Å². The SMILES string of the molecule is CNC(=O)C1(NC(=O)C(=O)c2c(C)c(C(=O)Nc3ccc(C)c(Cl)c3)n3c2CCC3C)CC(F)(F)C1. The van der Waals surface area contributed by atoms with E-state index in [0.717, 1.165) is 5.56 Å². The van der Waals surface area contributed by atoms with Gasteiger partial charge in [0, 0.05) is 42.3 Å². The number of aromatic nitrogens is 1. The Kier molecular flexibility index (Phi) is 6.45. The maximum atomic E-state index is 13.6. The molecule has 0 spiro atoms. The van der Waals surface area contributed by atoms with Gasteiger partial charge in [-0.3, -0.25) is 19.2 Å². The minimum atomic E-state index is -3.12. The third-order valence-corrected chi connectivity index (χ3v) is 7.41. The number of rotatable bonds is 6. The summed E-state index contributed by atoms with van der Waals surface area (Å²) in [5.41, 5.74) is 0.586. The molecule has 1 aromatic heterocycles. The van der Waals surface area contributed by atoms with Gasteiger partial charge in [0.1, 0.15) is 11.2 Å². The Hall–Kier alpha value is -3.27. The number of likely N-dealkylation sites (N-methyl/N-ethyl adjacent to an activating group) is 1. The molecule has 0 bridgehead atoms. The van der Waals surface area contributed by atoms with Gasteiger partial charge in [-0.05, 0) is 56.9 Å². The zero-order valence-electron chi connectivity index (χ0n) is 20.4. The summed E-state index contributed by atoms with van der Waals surface area (Å²) < 4.78 is 29.0. The molecule has 1 aromatic carbocycles. The molecule has 4 rings (SSSR count). The number of Topliss-reactive ketones (excluding diaryl/α,β-unsaturated/α-hetero) is 1. The highest BCUT2D eigenvalue weighted by Crippen LogP contribution is 2.46. The molecule has 2 heterocycles. The van der Waals surface area contributed by atoms with E-state index in [1.54, 1.807) is 29.7 Å². The van der Waals surface area contributed by atoms with Crippen LogP contribution in [0.3, 0.4) is 0 Å². The molecule has 1 fully saturated rings. The molecule has 1 saturated carbocycles. The molecule has 1 atom stereocenters. The molecule has 2 aromatic rings. The van der Waals surface area contributed by atoms with Gasteiger partial charge in [0.25, 0.3) is 23.5 Å². The molecule has 36 heavy (non-hydrogen) atoms. The number of halogens is 3. The van der Waals surface area contributed by atoms with Crippen molar-refractivity contribution < 1.29 is 28.0 Å². The Morgan fingerprint density at radius 1 is 1.14 bits per heavy atom. The molecule has 2 aliphatic rings. The average molecular weight is 521 g/mol. The fourth-order valence-corrected chi connectivity index (χ4v) is 5.36. The Bertz CT molecular complexity index is 1300. The van der Waals surface area contributed by atoms with Crippen LogP contribution in [0.4, 0.5) is 14.5 Å². The summed E-state index contributed by atoms with van der Waals surface area (Å²) in [7, 11) is 1.27. The number of carbonyl (C=O) groups is 4. The molecule has 1 aliphatic carbocycles. The number of nitrogens with one attached hydrogen (secondary N) is 3. The fraction of sp³-hybridized carbons (Fsp3) is 0.440. The highest BCUT2D eigenvalue weighted by atomic mass is 35.5. The van der Waals surface area contributed by atoms with Crippen LogP contribution < -0.4 is 16.0 Å². The summed E-state index contributed by atoms with van der Waals surface area (Å²) >= 11 is 6.17. The second-order valence-corrected chi connectivity index (χ2v) is 10.0. The van der Waals surface area contributed by atoms with Crippen molar-refractivity contribution in [2.75, 3.05) is 12.4 Å². The molecule has 1 unspecified atom stereocenters. The second-order valence-electron chi connectivity index (χ2n) is 9.63. The number of alkyl halides is 2. The number of fused-ring (bicyclic) bond motifs is 1. The first-order valence-corrected chi connectivity index (χ1v) is 12.0. The maximum Gasteiger partial charge on any atom is 0.293 e. The Morgan fingerprint density at radius 2 is 1.81 bits per heavy atom. The minimum Gasteiger partial charge on any atom is -0.357 e. The second kappa shape index (κ2) is 8.99. The van der Waals surface area contributed by atoms with Crippen LogP contribution in [0.15, 0.2) is 18.2 Å². The number of anilines is 1. The molecule has 192 valence electrons. The van der Waals surface area contributed by atoms with Crippen LogP contribution >= 0.6 is 11.6 Å². The number of ketones is 1. The van der Waals surface area contributed by atoms with E-state index < -0.39 is 47.8 Å².